The van der Waals surface area contributed by atoms with Crippen LogP contribution in [0.4, 0.5) is 0 Å². The Morgan fingerprint density at radius 2 is 1.91 bits per heavy atom. The van der Waals surface area contributed by atoms with Gasteiger partial charge in [-0.3, -0.25) is 0 Å². The van der Waals surface area contributed by atoms with Gasteiger partial charge in [0.05, 0.1) is 5.60 Å². The quantitative estimate of drug-likeness (QED) is 0.531. The molecule has 0 bridgehead atoms. The summed E-state index contributed by atoms with van der Waals surface area (Å²) in [5.74, 6) is 0. The molecule has 1 heteroatoms. The highest BCUT2D eigenvalue weighted by atomic mass is 16.3. The van der Waals surface area contributed by atoms with E-state index in [2.05, 4.69) is 26.8 Å². The van der Waals surface area contributed by atoms with Crippen molar-refractivity contribution < 1.29 is 5.11 Å². The Morgan fingerprint density at radius 1 is 1.36 bits per heavy atom. The summed E-state index contributed by atoms with van der Waals surface area (Å²) < 4.78 is 0. The molecule has 0 aromatic carbocycles. The van der Waals surface area contributed by atoms with Crippen molar-refractivity contribution in [2.75, 3.05) is 0 Å². The molecule has 0 heterocycles. The topological polar surface area (TPSA) is 20.2 Å². The second-order valence-electron chi connectivity index (χ2n) is 4.32. The van der Waals surface area contributed by atoms with E-state index < -0.39 is 5.60 Å². The van der Waals surface area contributed by atoms with Gasteiger partial charge in [-0.15, -0.1) is 0 Å². The van der Waals surface area contributed by atoms with Gasteiger partial charge in [0, 0.05) is 5.41 Å². The normalized spacial score (nSPS) is 36.6. The van der Waals surface area contributed by atoms with Crippen LogP contribution in [0.25, 0.3) is 0 Å². The Hall–Kier alpha value is -0.300. The molecule has 0 aliphatic heterocycles. The molecule has 1 aliphatic carbocycles. The molecule has 0 aromatic heterocycles. The standard InChI is InChI=1S/C10H18O/c1-8-6-5-7-10(4,11)9(8,2)3/h6,11H,5,7H2,1-4H3. The summed E-state index contributed by atoms with van der Waals surface area (Å²) >= 11 is 0. The van der Waals surface area contributed by atoms with E-state index >= 15 is 0 Å². The number of rotatable bonds is 0. The molecule has 1 aliphatic rings. The van der Waals surface area contributed by atoms with Crippen LogP contribution in [0.2, 0.25) is 0 Å². The highest BCUT2D eigenvalue weighted by molar-refractivity contribution is 5.19. The first-order valence-corrected chi connectivity index (χ1v) is 4.27. The van der Waals surface area contributed by atoms with Gasteiger partial charge >= 0.3 is 0 Å². The van der Waals surface area contributed by atoms with E-state index in [0.29, 0.717) is 0 Å². The summed E-state index contributed by atoms with van der Waals surface area (Å²) in [4.78, 5) is 0. The zero-order chi connectivity index (χ0) is 8.70. The minimum Gasteiger partial charge on any atom is -0.389 e. The molecule has 0 aromatic rings. The molecule has 0 spiro atoms. The first-order valence-electron chi connectivity index (χ1n) is 4.27. The third kappa shape index (κ3) is 1.22. The maximum atomic E-state index is 10.0. The van der Waals surface area contributed by atoms with Gasteiger partial charge in [0.1, 0.15) is 0 Å². The lowest BCUT2D eigenvalue weighted by molar-refractivity contribution is -0.0433. The lowest BCUT2D eigenvalue weighted by Crippen LogP contribution is -2.44. The molecule has 0 saturated carbocycles. The molecule has 1 unspecified atom stereocenters. The van der Waals surface area contributed by atoms with Gasteiger partial charge in [-0.1, -0.05) is 25.5 Å². The molecule has 1 N–H and O–H groups in total. The minimum absolute atomic E-state index is 0.0503. The maximum absolute atomic E-state index is 10.0. The van der Waals surface area contributed by atoms with Gasteiger partial charge in [-0.2, -0.15) is 0 Å². The number of allylic oxidation sites excluding steroid dienone is 1. The van der Waals surface area contributed by atoms with Crippen molar-refractivity contribution in [1.29, 1.82) is 0 Å². The van der Waals surface area contributed by atoms with Crippen LogP contribution in [0, 0.1) is 5.41 Å². The van der Waals surface area contributed by atoms with Crippen LogP contribution in [0.1, 0.15) is 40.5 Å². The second kappa shape index (κ2) is 2.34. The highest BCUT2D eigenvalue weighted by Crippen LogP contribution is 2.43. The average molecular weight is 154 g/mol. The van der Waals surface area contributed by atoms with Gasteiger partial charge < -0.3 is 5.11 Å². The first-order chi connectivity index (χ1) is 4.88. The van der Waals surface area contributed by atoms with E-state index in [4.69, 9.17) is 0 Å². The fourth-order valence-electron chi connectivity index (χ4n) is 1.56. The Labute approximate surface area is 69.1 Å². The minimum atomic E-state index is -0.522. The molecule has 1 atom stereocenters. The van der Waals surface area contributed by atoms with Gasteiger partial charge in [-0.25, -0.2) is 0 Å². The Kier molecular flexibility index (Phi) is 1.87. The summed E-state index contributed by atoms with van der Waals surface area (Å²) in [6, 6.07) is 0. The fraction of sp³-hybridized carbons (Fsp3) is 0.800. The SMILES string of the molecule is CC1=CCCC(C)(O)C1(C)C. The van der Waals surface area contributed by atoms with Crippen LogP contribution in [-0.4, -0.2) is 10.7 Å². The van der Waals surface area contributed by atoms with Crippen molar-refractivity contribution in [2.45, 2.75) is 46.1 Å². The van der Waals surface area contributed by atoms with Crippen molar-refractivity contribution >= 4 is 0 Å². The predicted octanol–water partition coefficient (Wildman–Crippen LogP) is 2.50. The van der Waals surface area contributed by atoms with Crippen LogP contribution >= 0.6 is 0 Å². The van der Waals surface area contributed by atoms with Gasteiger partial charge in [0.15, 0.2) is 0 Å². The van der Waals surface area contributed by atoms with E-state index in [9.17, 15) is 5.11 Å². The Balaban J connectivity index is 3.00. The summed E-state index contributed by atoms with van der Waals surface area (Å²) in [7, 11) is 0. The van der Waals surface area contributed by atoms with Crippen LogP contribution in [0.5, 0.6) is 0 Å². The molecular weight excluding hydrogens is 136 g/mol. The third-order valence-electron chi connectivity index (χ3n) is 3.41. The van der Waals surface area contributed by atoms with E-state index in [0.717, 1.165) is 12.8 Å². The van der Waals surface area contributed by atoms with E-state index in [-0.39, 0.29) is 5.41 Å². The van der Waals surface area contributed by atoms with Crippen LogP contribution < -0.4 is 0 Å². The van der Waals surface area contributed by atoms with Crippen molar-refractivity contribution in [3.63, 3.8) is 0 Å². The lowest BCUT2D eigenvalue weighted by atomic mass is 9.66. The Morgan fingerprint density at radius 3 is 2.27 bits per heavy atom. The van der Waals surface area contributed by atoms with Crippen LogP contribution in [0.3, 0.4) is 0 Å². The van der Waals surface area contributed by atoms with Crippen molar-refractivity contribution in [1.82, 2.24) is 0 Å². The second-order valence-corrected chi connectivity index (χ2v) is 4.32. The zero-order valence-corrected chi connectivity index (χ0v) is 7.94. The van der Waals surface area contributed by atoms with E-state index in [1.807, 2.05) is 6.92 Å². The number of hydrogen-bond donors (Lipinski definition) is 1. The van der Waals surface area contributed by atoms with E-state index in [1.54, 1.807) is 0 Å². The first kappa shape index (κ1) is 8.79. The maximum Gasteiger partial charge on any atom is 0.0710 e. The third-order valence-corrected chi connectivity index (χ3v) is 3.41. The Bertz CT molecular complexity index is 187. The van der Waals surface area contributed by atoms with Crippen LogP contribution in [0.15, 0.2) is 11.6 Å². The average Bonchev–Trinajstić information content (AvgIpc) is 1.84. The largest absolute Gasteiger partial charge is 0.389 e. The molecule has 0 fully saturated rings. The zero-order valence-electron chi connectivity index (χ0n) is 7.94. The lowest BCUT2D eigenvalue weighted by Gasteiger charge is -2.44. The summed E-state index contributed by atoms with van der Waals surface area (Å²) in [6.45, 7) is 8.26. The molecule has 64 valence electrons. The molecular formula is C10H18O. The van der Waals surface area contributed by atoms with Crippen molar-refractivity contribution in [2.24, 2.45) is 5.41 Å². The van der Waals surface area contributed by atoms with Gasteiger partial charge in [0.2, 0.25) is 0 Å². The molecule has 11 heavy (non-hydrogen) atoms. The highest BCUT2D eigenvalue weighted by Gasteiger charge is 2.41. The van der Waals surface area contributed by atoms with E-state index in [1.165, 1.54) is 5.57 Å². The molecule has 0 amide bonds. The smallest absolute Gasteiger partial charge is 0.0710 e. The summed E-state index contributed by atoms with van der Waals surface area (Å²) in [6.07, 6.45) is 4.14. The molecule has 0 radical (unpaired) electrons. The number of hydrogen-bond acceptors (Lipinski definition) is 1. The van der Waals surface area contributed by atoms with Gasteiger partial charge in [-0.05, 0) is 26.7 Å². The van der Waals surface area contributed by atoms with Crippen molar-refractivity contribution in [3.8, 4) is 0 Å². The molecule has 1 nitrogen and oxygen atoms in total. The number of aliphatic hydroxyl groups is 1. The van der Waals surface area contributed by atoms with Crippen LogP contribution in [-0.2, 0) is 0 Å². The predicted molar refractivity (Wildman–Crippen MR) is 47.4 cm³/mol. The summed E-state index contributed by atoms with van der Waals surface area (Å²) in [5.41, 5.74) is 0.741. The van der Waals surface area contributed by atoms with Gasteiger partial charge in [0.25, 0.3) is 0 Å². The molecule has 0 saturated heterocycles. The monoisotopic (exact) mass is 154 g/mol. The fourth-order valence-corrected chi connectivity index (χ4v) is 1.56. The van der Waals surface area contributed by atoms with Crippen molar-refractivity contribution in [3.05, 3.63) is 11.6 Å². The molecule has 1 rings (SSSR count). The summed E-state index contributed by atoms with van der Waals surface area (Å²) in [5, 5.41) is 10.0.